The molecule has 2 aromatic heterocycles. The third-order valence-corrected chi connectivity index (χ3v) is 6.95. The van der Waals surface area contributed by atoms with Gasteiger partial charge in [0, 0.05) is 24.7 Å². The fourth-order valence-electron chi connectivity index (χ4n) is 4.16. The van der Waals surface area contributed by atoms with Gasteiger partial charge in [-0.1, -0.05) is 42.5 Å². The van der Waals surface area contributed by atoms with Crippen molar-refractivity contribution in [2.24, 2.45) is 14.1 Å². The third-order valence-electron chi connectivity index (χ3n) is 5.81. The number of amides is 1. The van der Waals surface area contributed by atoms with Crippen molar-refractivity contribution in [3.05, 3.63) is 87.3 Å². The number of carbonyl (C=O) groups is 1. The lowest BCUT2D eigenvalue weighted by atomic mass is 10.1. The zero-order chi connectivity index (χ0) is 22.4. The highest BCUT2D eigenvalue weighted by Gasteiger charge is 2.33. The second-order valence-corrected chi connectivity index (χ2v) is 8.78. The summed E-state index contributed by atoms with van der Waals surface area (Å²) in [5, 5.41) is 0. The number of carbonyl (C=O) groups excluding carboxylic acids is 1. The zero-order valence-corrected chi connectivity index (χ0v) is 18.5. The molecule has 0 spiro atoms. The molecule has 0 aliphatic carbocycles. The van der Waals surface area contributed by atoms with Gasteiger partial charge in [0.05, 0.1) is 18.1 Å². The number of aryl methyl sites for hydroxylation is 1. The highest BCUT2D eigenvalue weighted by molar-refractivity contribution is 7.99. The van der Waals surface area contributed by atoms with Crippen molar-refractivity contribution in [1.82, 2.24) is 18.7 Å². The normalized spacial score (nSPS) is 15.7. The molecule has 0 unspecified atom stereocenters. The summed E-state index contributed by atoms with van der Waals surface area (Å²) in [5.41, 5.74) is 1.48. The van der Waals surface area contributed by atoms with Crippen LogP contribution in [0, 0.1) is 0 Å². The lowest BCUT2D eigenvalue weighted by Gasteiger charge is -2.37. The second-order valence-electron chi connectivity index (χ2n) is 7.72. The molecule has 32 heavy (non-hydrogen) atoms. The first-order chi connectivity index (χ1) is 15.5. The molecular formula is C23H21N5O3S. The summed E-state index contributed by atoms with van der Waals surface area (Å²) >= 11 is 1.73. The van der Waals surface area contributed by atoms with E-state index in [-0.39, 0.29) is 29.7 Å². The van der Waals surface area contributed by atoms with Crippen LogP contribution in [0.3, 0.4) is 0 Å². The van der Waals surface area contributed by atoms with Crippen LogP contribution in [-0.4, -0.2) is 30.3 Å². The van der Waals surface area contributed by atoms with Crippen LogP contribution in [0.1, 0.15) is 11.6 Å². The minimum atomic E-state index is -0.470. The summed E-state index contributed by atoms with van der Waals surface area (Å²) < 4.78 is 3.88. The van der Waals surface area contributed by atoms with Gasteiger partial charge in [-0.05, 0) is 17.7 Å². The molecule has 1 amide bonds. The van der Waals surface area contributed by atoms with Gasteiger partial charge in [0.25, 0.3) is 5.56 Å². The second kappa shape index (κ2) is 7.83. The maximum atomic E-state index is 13.7. The van der Waals surface area contributed by atoms with E-state index in [0.29, 0.717) is 0 Å². The van der Waals surface area contributed by atoms with Crippen LogP contribution in [0.4, 0.5) is 5.69 Å². The fraction of sp³-hybridized carbons (Fsp3) is 0.217. The van der Waals surface area contributed by atoms with Crippen LogP contribution in [0.2, 0.25) is 0 Å². The van der Waals surface area contributed by atoms with Gasteiger partial charge in [-0.2, -0.15) is 0 Å². The molecule has 0 radical (unpaired) electrons. The highest BCUT2D eigenvalue weighted by Crippen LogP contribution is 2.43. The minimum Gasteiger partial charge on any atom is -0.315 e. The summed E-state index contributed by atoms with van der Waals surface area (Å²) in [4.78, 5) is 45.8. The summed E-state index contributed by atoms with van der Waals surface area (Å²) in [6.45, 7) is -0.0632. The van der Waals surface area contributed by atoms with Gasteiger partial charge < -0.3 is 9.47 Å². The quantitative estimate of drug-likeness (QED) is 0.481. The van der Waals surface area contributed by atoms with E-state index in [1.807, 2.05) is 59.5 Å². The van der Waals surface area contributed by atoms with E-state index in [1.54, 1.807) is 18.8 Å². The van der Waals surface area contributed by atoms with Crippen molar-refractivity contribution >= 4 is 34.5 Å². The van der Waals surface area contributed by atoms with Crippen molar-refractivity contribution < 1.29 is 4.79 Å². The number of imidazole rings is 1. The number of aromatic nitrogens is 4. The van der Waals surface area contributed by atoms with Crippen molar-refractivity contribution in [3.63, 3.8) is 0 Å². The summed E-state index contributed by atoms with van der Waals surface area (Å²) in [7, 11) is 2.99. The van der Waals surface area contributed by atoms with Crippen LogP contribution >= 0.6 is 11.8 Å². The predicted molar refractivity (Wildman–Crippen MR) is 124 cm³/mol. The summed E-state index contributed by atoms with van der Waals surface area (Å²) in [6, 6.07) is 17.7. The van der Waals surface area contributed by atoms with Gasteiger partial charge in [-0.15, -0.1) is 11.8 Å². The van der Waals surface area contributed by atoms with E-state index < -0.39 is 11.2 Å². The molecular weight excluding hydrogens is 426 g/mol. The van der Waals surface area contributed by atoms with Gasteiger partial charge in [-0.25, -0.2) is 9.78 Å². The largest absolute Gasteiger partial charge is 0.332 e. The Kier molecular flexibility index (Phi) is 4.97. The Morgan fingerprint density at radius 1 is 1.03 bits per heavy atom. The van der Waals surface area contributed by atoms with Gasteiger partial charge in [0.2, 0.25) is 5.91 Å². The molecule has 0 saturated carbocycles. The Bertz CT molecular complexity index is 1450. The number of para-hydroxylation sites is 1. The maximum Gasteiger partial charge on any atom is 0.332 e. The van der Waals surface area contributed by atoms with Gasteiger partial charge >= 0.3 is 5.69 Å². The standard InChI is InChI=1S/C23H21N5O3S/c1-25-21-20(22(30)26(2)23(25)31)27(14-24-21)12-19(29)28-16-10-6-7-11-18(16)32-13-17(28)15-8-4-3-5-9-15/h3-11,14,17H,12-13H2,1-2H3/t17-/m0/s1. The number of fused-ring (bicyclic) bond motifs is 2. The fourth-order valence-corrected chi connectivity index (χ4v) is 5.32. The van der Waals surface area contributed by atoms with Crippen molar-refractivity contribution in [1.29, 1.82) is 0 Å². The Hall–Kier alpha value is -3.59. The molecule has 1 atom stereocenters. The third kappa shape index (κ3) is 3.16. The average molecular weight is 448 g/mol. The van der Waals surface area contributed by atoms with Crippen LogP contribution in [-0.2, 0) is 25.4 Å². The Balaban J connectivity index is 1.60. The molecule has 162 valence electrons. The molecule has 4 aromatic rings. The molecule has 3 heterocycles. The molecule has 0 bridgehead atoms. The number of hydrogen-bond donors (Lipinski definition) is 0. The van der Waals surface area contributed by atoms with Crippen molar-refractivity contribution in [3.8, 4) is 0 Å². The van der Waals surface area contributed by atoms with E-state index >= 15 is 0 Å². The number of anilines is 1. The molecule has 1 aliphatic rings. The lowest BCUT2D eigenvalue weighted by Crippen LogP contribution is -2.41. The topological polar surface area (TPSA) is 82.1 Å². The Morgan fingerprint density at radius 3 is 2.53 bits per heavy atom. The van der Waals surface area contributed by atoms with E-state index in [2.05, 4.69) is 4.98 Å². The minimum absolute atomic E-state index is 0.0632. The average Bonchev–Trinajstić information content (AvgIpc) is 3.24. The molecule has 1 aliphatic heterocycles. The van der Waals surface area contributed by atoms with Crippen molar-refractivity contribution in [2.45, 2.75) is 17.5 Å². The van der Waals surface area contributed by atoms with E-state index in [9.17, 15) is 14.4 Å². The first kappa shape index (κ1) is 20.3. The van der Waals surface area contributed by atoms with Gasteiger partial charge in [-0.3, -0.25) is 18.7 Å². The lowest BCUT2D eigenvalue weighted by molar-refractivity contribution is -0.119. The van der Waals surface area contributed by atoms with Crippen LogP contribution < -0.4 is 16.1 Å². The maximum absolute atomic E-state index is 13.7. The SMILES string of the molecule is Cn1c(=O)c2c(ncn2CC(=O)N2c3ccccc3SC[C@H]2c2ccccc2)n(C)c1=O. The molecule has 2 aromatic carbocycles. The van der Waals surface area contributed by atoms with Crippen molar-refractivity contribution in [2.75, 3.05) is 10.7 Å². The first-order valence-corrected chi connectivity index (χ1v) is 11.2. The molecule has 8 nitrogen and oxygen atoms in total. The zero-order valence-electron chi connectivity index (χ0n) is 17.6. The number of thioether (sulfide) groups is 1. The van der Waals surface area contributed by atoms with Gasteiger partial charge in [0.15, 0.2) is 11.2 Å². The molecule has 5 rings (SSSR count). The summed E-state index contributed by atoms with van der Waals surface area (Å²) in [6.07, 6.45) is 1.45. The molecule has 9 heteroatoms. The first-order valence-electron chi connectivity index (χ1n) is 10.2. The van der Waals surface area contributed by atoms with Crippen LogP contribution in [0.25, 0.3) is 11.2 Å². The Labute approximate surface area is 187 Å². The number of hydrogen-bond acceptors (Lipinski definition) is 5. The van der Waals surface area contributed by atoms with E-state index in [4.69, 9.17) is 0 Å². The van der Waals surface area contributed by atoms with Gasteiger partial charge in [0.1, 0.15) is 6.54 Å². The van der Waals surface area contributed by atoms with E-state index in [1.165, 1.54) is 22.5 Å². The summed E-state index contributed by atoms with van der Waals surface area (Å²) in [5.74, 6) is 0.579. The monoisotopic (exact) mass is 447 g/mol. The molecule has 0 saturated heterocycles. The smallest absolute Gasteiger partial charge is 0.315 e. The highest BCUT2D eigenvalue weighted by atomic mass is 32.2. The Morgan fingerprint density at radius 2 is 1.75 bits per heavy atom. The number of rotatable bonds is 3. The number of benzene rings is 2. The van der Waals surface area contributed by atoms with E-state index in [0.717, 1.165) is 26.5 Å². The number of nitrogens with zero attached hydrogens (tertiary/aromatic N) is 5. The molecule has 0 fully saturated rings. The predicted octanol–water partition coefficient (Wildman–Crippen LogP) is 2.31. The van der Waals surface area contributed by atoms with Crippen LogP contribution in [0.15, 0.2) is 75.4 Å². The molecule has 0 N–H and O–H groups in total. The van der Waals surface area contributed by atoms with Crippen LogP contribution in [0.5, 0.6) is 0 Å².